The van der Waals surface area contributed by atoms with E-state index in [1.807, 2.05) is 33.8 Å². The maximum absolute atomic E-state index is 12.1. The summed E-state index contributed by atoms with van der Waals surface area (Å²) in [6.07, 6.45) is 0. The predicted octanol–water partition coefficient (Wildman–Crippen LogP) is 2.31. The number of carbonyl (C=O) groups excluding carboxylic acids is 2. The molecular weight excluding hydrogens is 202 g/mol. The van der Waals surface area contributed by atoms with Crippen molar-refractivity contribution in [3.05, 3.63) is 34.4 Å². The fraction of sp³-hybridized carbons (Fsp3) is 0.385. The molecule has 1 aliphatic heterocycles. The average Bonchev–Trinajstić information content (AvgIpc) is 2.38. The Kier molecular flexibility index (Phi) is 2.34. The smallest absolute Gasteiger partial charge is 0.262 e. The normalized spacial score (nSPS) is 14.9. The van der Waals surface area contributed by atoms with Gasteiger partial charge in [0, 0.05) is 6.04 Å². The van der Waals surface area contributed by atoms with Crippen molar-refractivity contribution in [2.75, 3.05) is 0 Å². The van der Waals surface area contributed by atoms with Crippen LogP contribution in [0.15, 0.2) is 12.1 Å². The molecule has 0 atom stereocenters. The lowest BCUT2D eigenvalue weighted by Gasteiger charge is -2.17. The van der Waals surface area contributed by atoms with Crippen molar-refractivity contribution in [3.8, 4) is 0 Å². The maximum Gasteiger partial charge on any atom is 0.262 e. The van der Waals surface area contributed by atoms with Crippen molar-refractivity contribution < 1.29 is 9.59 Å². The summed E-state index contributed by atoms with van der Waals surface area (Å²) in [7, 11) is 0. The Balaban J connectivity index is 2.64. The van der Waals surface area contributed by atoms with Crippen molar-refractivity contribution in [2.45, 2.75) is 33.7 Å². The highest BCUT2D eigenvalue weighted by atomic mass is 16.2. The standard InChI is InChI=1S/C13H15NO2/c1-7(2)14-12(15)10-6-8(3)5-9(4)11(10)13(14)16/h5-7H,1-4H3. The summed E-state index contributed by atoms with van der Waals surface area (Å²) in [4.78, 5) is 25.5. The molecule has 84 valence electrons. The van der Waals surface area contributed by atoms with Crippen LogP contribution in [-0.2, 0) is 0 Å². The summed E-state index contributed by atoms with van der Waals surface area (Å²) in [5.74, 6) is -0.325. The molecule has 0 spiro atoms. The van der Waals surface area contributed by atoms with Crippen LogP contribution in [0.25, 0.3) is 0 Å². The van der Waals surface area contributed by atoms with Gasteiger partial charge >= 0.3 is 0 Å². The van der Waals surface area contributed by atoms with Crippen LogP contribution < -0.4 is 0 Å². The average molecular weight is 217 g/mol. The first-order valence-corrected chi connectivity index (χ1v) is 5.42. The maximum atomic E-state index is 12.1. The van der Waals surface area contributed by atoms with E-state index in [4.69, 9.17) is 0 Å². The summed E-state index contributed by atoms with van der Waals surface area (Å²) in [6, 6.07) is 3.64. The number of rotatable bonds is 1. The van der Waals surface area contributed by atoms with E-state index < -0.39 is 0 Å². The van der Waals surface area contributed by atoms with Crippen LogP contribution >= 0.6 is 0 Å². The zero-order valence-corrected chi connectivity index (χ0v) is 10.00. The summed E-state index contributed by atoms with van der Waals surface area (Å²) in [6.45, 7) is 7.51. The van der Waals surface area contributed by atoms with Crippen LogP contribution in [0.1, 0.15) is 45.7 Å². The first-order chi connectivity index (χ1) is 7.43. The topological polar surface area (TPSA) is 37.4 Å². The second kappa shape index (κ2) is 3.44. The molecule has 1 aliphatic rings. The number of imide groups is 1. The van der Waals surface area contributed by atoms with E-state index in [1.54, 1.807) is 6.07 Å². The van der Waals surface area contributed by atoms with Crippen molar-refractivity contribution >= 4 is 11.8 Å². The third kappa shape index (κ3) is 1.35. The summed E-state index contributed by atoms with van der Waals surface area (Å²) >= 11 is 0. The van der Waals surface area contributed by atoms with Gasteiger partial charge in [-0.25, -0.2) is 0 Å². The zero-order chi connectivity index (χ0) is 12.0. The number of hydrogen-bond acceptors (Lipinski definition) is 2. The van der Waals surface area contributed by atoms with E-state index in [0.29, 0.717) is 11.1 Å². The molecule has 0 bridgehead atoms. The van der Waals surface area contributed by atoms with Crippen LogP contribution in [0.4, 0.5) is 0 Å². The van der Waals surface area contributed by atoms with Crippen LogP contribution in [0.5, 0.6) is 0 Å². The Labute approximate surface area is 95.1 Å². The highest BCUT2D eigenvalue weighted by Crippen LogP contribution is 2.28. The Bertz CT molecular complexity index is 489. The quantitative estimate of drug-likeness (QED) is 0.677. The third-order valence-corrected chi connectivity index (χ3v) is 2.88. The lowest BCUT2D eigenvalue weighted by Crippen LogP contribution is -2.36. The molecule has 0 unspecified atom stereocenters. The van der Waals surface area contributed by atoms with Gasteiger partial charge in [-0.15, -0.1) is 0 Å². The van der Waals surface area contributed by atoms with Gasteiger partial charge in [-0.05, 0) is 39.3 Å². The number of nitrogens with zero attached hydrogens (tertiary/aromatic N) is 1. The number of aryl methyl sites for hydroxylation is 2. The number of fused-ring (bicyclic) bond motifs is 1. The molecule has 1 aromatic carbocycles. The molecule has 3 nitrogen and oxygen atoms in total. The summed E-state index contributed by atoms with van der Waals surface area (Å²) < 4.78 is 0. The molecule has 1 heterocycles. The van der Waals surface area contributed by atoms with Crippen LogP contribution in [0.3, 0.4) is 0 Å². The molecule has 0 aromatic heterocycles. The van der Waals surface area contributed by atoms with E-state index in [9.17, 15) is 9.59 Å². The summed E-state index contributed by atoms with van der Waals surface area (Å²) in [5, 5.41) is 0. The Morgan fingerprint density at radius 1 is 1.06 bits per heavy atom. The molecule has 2 rings (SSSR count). The van der Waals surface area contributed by atoms with Crippen LogP contribution in [-0.4, -0.2) is 22.8 Å². The SMILES string of the molecule is Cc1cc(C)c2c(c1)C(=O)N(C(C)C)C2=O. The molecule has 0 N–H and O–H groups in total. The number of carbonyl (C=O) groups is 2. The van der Waals surface area contributed by atoms with Gasteiger partial charge in [-0.3, -0.25) is 14.5 Å². The first kappa shape index (κ1) is 10.9. The molecule has 16 heavy (non-hydrogen) atoms. The second-order valence-corrected chi connectivity index (χ2v) is 4.58. The van der Waals surface area contributed by atoms with Gasteiger partial charge in [0.05, 0.1) is 11.1 Å². The van der Waals surface area contributed by atoms with E-state index in [-0.39, 0.29) is 17.9 Å². The second-order valence-electron chi connectivity index (χ2n) is 4.58. The minimum atomic E-state index is -0.165. The van der Waals surface area contributed by atoms with E-state index in [2.05, 4.69) is 0 Å². The number of amides is 2. The van der Waals surface area contributed by atoms with Gasteiger partial charge in [0.1, 0.15) is 0 Å². The van der Waals surface area contributed by atoms with Crippen LogP contribution in [0, 0.1) is 13.8 Å². The van der Waals surface area contributed by atoms with Crippen molar-refractivity contribution in [1.29, 1.82) is 0 Å². The Morgan fingerprint density at radius 2 is 1.69 bits per heavy atom. The minimum absolute atomic E-state index is 0.0906. The molecule has 0 saturated carbocycles. The molecule has 0 fully saturated rings. The highest BCUT2D eigenvalue weighted by Gasteiger charge is 2.38. The van der Waals surface area contributed by atoms with E-state index >= 15 is 0 Å². The summed E-state index contributed by atoms with van der Waals surface area (Å²) in [5.41, 5.74) is 3.03. The molecule has 1 aromatic rings. The van der Waals surface area contributed by atoms with Gasteiger partial charge in [0.2, 0.25) is 0 Å². The molecule has 0 aliphatic carbocycles. The van der Waals surface area contributed by atoms with Gasteiger partial charge in [0.25, 0.3) is 11.8 Å². The highest BCUT2D eigenvalue weighted by molar-refractivity contribution is 6.22. The molecule has 0 radical (unpaired) electrons. The fourth-order valence-corrected chi connectivity index (χ4v) is 2.23. The van der Waals surface area contributed by atoms with Gasteiger partial charge in [-0.2, -0.15) is 0 Å². The third-order valence-electron chi connectivity index (χ3n) is 2.88. The number of hydrogen-bond donors (Lipinski definition) is 0. The molecular formula is C13H15NO2. The van der Waals surface area contributed by atoms with Crippen molar-refractivity contribution in [1.82, 2.24) is 4.90 Å². The fourth-order valence-electron chi connectivity index (χ4n) is 2.23. The largest absolute Gasteiger partial charge is 0.272 e. The van der Waals surface area contributed by atoms with Crippen molar-refractivity contribution in [2.24, 2.45) is 0 Å². The molecule has 2 amide bonds. The number of benzene rings is 1. The Hall–Kier alpha value is -1.64. The lowest BCUT2D eigenvalue weighted by molar-refractivity contribution is 0.0609. The van der Waals surface area contributed by atoms with Crippen molar-refractivity contribution in [3.63, 3.8) is 0 Å². The molecule has 3 heteroatoms. The lowest BCUT2D eigenvalue weighted by atomic mass is 10.0. The Morgan fingerprint density at radius 3 is 2.25 bits per heavy atom. The van der Waals surface area contributed by atoms with E-state index in [1.165, 1.54) is 4.90 Å². The minimum Gasteiger partial charge on any atom is -0.272 e. The monoisotopic (exact) mass is 217 g/mol. The zero-order valence-electron chi connectivity index (χ0n) is 10.00. The van der Waals surface area contributed by atoms with Gasteiger partial charge < -0.3 is 0 Å². The van der Waals surface area contributed by atoms with E-state index in [0.717, 1.165) is 11.1 Å². The van der Waals surface area contributed by atoms with Gasteiger partial charge in [0.15, 0.2) is 0 Å². The first-order valence-electron chi connectivity index (χ1n) is 5.42. The van der Waals surface area contributed by atoms with Gasteiger partial charge in [-0.1, -0.05) is 11.6 Å². The molecule has 0 saturated heterocycles. The van der Waals surface area contributed by atoms with Crippen LogP contribution in [0.2, 0.25) is 0 Å². The predicted molar refractivity (Wildman–Crippen MR) is 61.6 cm³/mol.